The summed E-state index contributed by atoms with van der Waals surface area (Å²) < 4.78 is 0. The monoisotopic (exact) mass is 310 g/mol. The fraction of sp³-hybridized carbons (Fsp3) is 0.765. The molecule has 0 aromatic carbocycles. The van der Waals surface area contributed by atoms with Crippen molar-refractivity contribution >= 4 is 0 Å². The van der Waals surface area contributed by atoms with Crippen LogP contribution in [0.1, 0.15) is 26.7 Å². The summed E-state index contributed by atoms with van der Waals surface area (Å²) in [5.41, 5.74) is 1.26. The van der Waals surface area contributed by atoms with Gasteiger partial charge in [-0.2, -0.15) is 0 Å². The van der Waals surface area contributed by atoms with E-state index in [-0.39, 0.29) is 6.04 Å². The van der Waals surface area contributed by atoms with Crippen LogP contribution in [0.2, 0.25) is 0 Å². The van der Waals surface area contributed by atoms with Crippen LogP contribution in [0.5, 0.6) is 0 Å². The summed E-state index contributed by atoms with van der Waals surface area (Å²) in [6.07, 6.45) is 3.33. The molecule has 0 radical (unpaired) electrons. The number of nitrogens with zero attached hydrogens (tertiary/aromatic N) is 2. The van der Waals surface area contributed by atoms with Gasteiger partial charge >= 0.3 is 0 Å². The molecule has 2 saturated heterocycles. The number of hydrogen-bond donors (Lipinski definition) is 3. The first-order chi connectivity index (χ1) is 10.4. The number of β-amino-alcohol motifs (C(OH)–C–C–N with tert-alkyl or cyclic N) is 1. The van der Waals surface area contributed by atoms with E-state index in [1.54, 1.807) is 0 Å². The van der Waals surface area contributed by atoms with Gasteiger partial charge in [0.1, 0.15) is 6.10 Å². The van der Waals surface area contributed by atoms with E-state index in [9.17, 15) is 15.3 Å². The fourth-order valence-corrected chi connectivity index (χ4v) is 3.56. The number of aliphatic hydroxyl groups is 3. The number of allylic oxidation sites excluding steroid dienone is 3. The minimum atomic E-state index is -1.03. The molecule has 0 saturated carbocycles. The minimum Gasteiger partial charge on any atom is -0.389 e. The summed E-state index contributed by atoms with van der Waals surface area (Å²) in [6.45, 7) is 11.2. The van der Waals surface area contributed by atoms with Gasteiger partial charge in [0.2, 0.25) is 0 Å². The van der Waals surface area contributed by atoms with Crippen molar-refractivity contribution in [3.05, 3.63) is 24.4 Å². The van der Waals surface area contributed by atoms with Gasteiger partial charge in [0.15, 0.2) is 0 Å². The van der Waals surface area contributed by atoms with Crippen LogP contribution >= 0.6 is 0 Å². The molecule has 2 fully saturated rings. The second-order valence-corrected chi connectivity index (χ2v) is 6.72. The van der Waals surface area contributed by atoms with Gasteiger partial charge in [-0.05, 0) is 38.7 Å². The van der Waals surface area contributed by atoms with Gasteiger partial charge < -0.3 is 20.2 Å². The third-order valence-electron chi connectivity index (χ3n) is 5.20. The summed E-state index contributed by atoms with van der Waals surface area (Å²) in [6, 6.07) is -0.112. The average Bonchev–Trinajstić information content (AvgIpc) is 2.51. The van der Waals surface area contributed by atoms with Crippen LogP contribution in [0.3, 0.4) is 0 Å². The van der Waals surface area contributed by atoms with Crippen LogP contribution in [0.15, 0.2) is 24.4 Å². The summed E-state index contributed by atoms with van der Waals surface area (Å²) >= 11 is 0. The highest BCUT2D eigenvalue weighted by Gasteiger charge is 2.39. The molecule has 5 nitrogen and oxygen atoms in total. The zero-order valence-corrected chi connectivity index (χ0v) is 13.7. The highest BCUT2D eigenvalue weighted by molar-refractivity contribution is 5.07. The topological polar surface area (TPSA) is 67.2 Å². The van der Waals surface area contributed by atoms with E-state index in [4.69, 9.17) is 0 Å². The second kappa shape index (κ2) is 7.59. The maximum atomic E-state index is 10.0. The second-order valence-electron chi connectivity index (χ2n) is 6.72. The molecule has 126 valence electrons. The highest BCUT2D eigenvalue weighted by Crippen LogP contribution is 2.25. The van der Waals surface area contributed by atoms with Gasteiger partial charge in [0.25, 0.3) is 0 Å². The number of aliphatic hydroxyl groups excluding tert-OH is 3. The molecule has 22 heavy (non-hydrogen) atoms. The zero-order chi connectivity index (χ0) is 16.3. The lowest BCUT2D eigenvalue weighted by Crippen LogP contribution is -2.61. The molecule has 2 rings (SSSR count). The molecule has 4 atom stereocenters. The molecule has 0 aliphatic carbocycles. The van der Waals surface area contributed by atoms with Crippen molar-refractivity contribution in [2.24, 2.45) is 5.92 Å². The minimum absolute atomic E-state index is 0.112. The van der Waals surface area contributed by atoms with Gasteiger partial charge in [0.05, 0.1) is 12.2 Å². The highest BCUT2D eigenvalue weighted by atomic mass is 16.4. The number of rotatable bonds is 4. The lowest BCUT2D eigenvalue weighted by Gasteiger charge is -2.44. The third kappa shape index (κ3) is 3.90. The largest absolute Gasteiger partial charge is 0.389 e. The summed E-state index contributed by atoms with van der Waals surface area (Å²) in [7, 11) is 0. The van der Waals surface area contributed by atoms with Crippen LogP contribution in [-0.2, 0) is 0 Å². The van der Waals surface area contributed by atoms with Crippen molar-refractivity contribution in [1.82, 2.24) is 9.80 Å². The Morgan fingerprint density at radius 2 is 1.82 bits per heavy atom. The van der Waals surface area contributed by atoms with Crippen LogP contribution in [0.25, 0.3) is 0 Å². The fourth-order valence-electron chi connectivity index (χ4n) is 3.56. The lowest BCUT2D eigenvalue weighted by molar-refractivity contribution is -0.136. The lowest BCUT2D eigenvalue weighted by atomic mass is 9.90. The van der Waals surface area contributed by atoms with Crippen molar-refractivity contribution in [1.29, 1.82) is 0 Å². The van der Waals surface area contributed by atoms with Gasteiger partial charge in [-0.25, -0.2) is 0 Å². The number of hydrogen-bond acceptors (Lipinski definition) is 5. The molecule has 2 aliphatic rings. The molecule has 0 aromatic rings. The first kappa shape index (κ1) is 17.5. The van der Waals surface area contributed by atoms with Crippen molar-refractivity contribution in [3.8, 4) is 0 Å². The van der Waals surface area contributed by atoms with Crippen molar-refractivity contribution in [3.63, 3.8) is 0 Å². The smallest absolute Gasteiger partial charge is 0.108 e. The average molecular weight is 310 g/mol. The van der Waals surface area contributed by atoms with Gasteiger partial charge in [-0.15, -0.1) is 0 Å². The van der Waals surface area contributed by atoms with E-state index in [1.807, 2.05) is 19.1 Å². The van der Waals surface area contributed by atoms with Gasteiger partial charge in [0, 0.05) is 37.9 Å². The van der Waals surface area contributed by atoms with E-state index in [0.717, 1.165) is 32.5 Å². The van der Waals surface area contributed by atoms with E-state index in [0.29, 0.717) is 12.5 Å². The van der Waals surface area contributed by atoms with Crippen molar-refractivity contribution in [2.75, 3.05) is 26.2 Å². The molecule has 0 spiro atoms. The Hall–Kier alpha value is -0.880. The maximum absolute atomic E-state index is 10.0. The zero-order valence-electron chi connectivity index (χ0n) is 13.7. The quantitative estimate of drug-likeness (QED) is 0.663. The molecule has 2 heterocycles. The summed E-state index contributed by atoms with van der Waals surface area (Å²) in [4.78, 5) is 4.50. The maximum Gasteiger partial charge on any atom is 0.108 e. The van der Waals surface area contributed by atoms with Crippen molar-refractivity contribution in [2.45, 2.75) is 51.0 Å². The Morgan fingerprint density at radius 3 is 2.41 bits per heavy atom. The molecule has 0 unspecified atom stereocenters. The van der Waals surface area contributed by atoms with E-state index < -0.39 is 18.3 Å². The molecular formula is C17H30N2O3. The summed E-state index contributed by atoms with van der Waals surface area (Å²) in [5.74, 6) is 0.574. The molecule has 0 aromatic heterocycles. The van der Waals surface area contributed by atoms with Crippen molar-refractivity contribution < 1.29 is 15.3 Å². The molecular weight excluding hydrogens is 280 g/mol. The van der Waals surface area contributed by atoms with E-state index >= 15 is 0 Å². The predicted molar refractivity (Wildman–Crippen MR) is 87.3 cm³/mol. The van der Waals surface area contributed by atoms with Crippen LogP contribution < -0.4 is 0 Å². The molecule has 0 amide bonds. The molecule has 5 heteroatoms. The molecule has 2 aliphatic heterocycles. The molecule has 3 N–H and O–H groups in total. The normalized spacial score (nSPS) is 35.7. The standard InChI is InChI=1S/C17H30N2O3/c1-4-5-12(2)18-8-6-14(7-9-18)10-19-11-15(20)17(22)16(21)13(19)3/h4-5,13-17,20-22H,1,6-11H2,2-3H3/b12-5+/t13-,15+,16-,17-/m1/s1. The summed E-state index contributed by atoms with van der Waals surface area (Å²) in [5, 5.41) is 29.6. The van der Waals surface area contributed by atoms with Crippen LogP contribution in [0.4, 0.5) is 0 Å². The predicted octanol–water partition coefficient (Wildman–Crippen LogP) is 0.575. The van der Waals surface area contributed by atoms with Crippen LogP contribution in [0, 0.1) is 5.92 Å². The Balaban J connectivity index is 1.85. The molecule has 0 bridgehead atoms. The Morgan fingerprint density at radius 1 is 1.18 bits per heavy atom. The Bertz CT molecular complexity index is 405. The van der Waals surface area contributed by atoms with Gasteiger partial charge in [-0.3, -0.25) is 4.90 Å². The first-order valence-electron chi connectivity index (χ1n) is 8.26. The Labute approximate surface area is 133 Å². The third-order valence-corrected chi connectivity index (χ3v) is 5.20. The Kier molecular flexibility index (Phi) is 6.03. The van der Waals surface area contributed by atoms with Crippen LogP contribution in [-0.4, -0.2) is 75.7 Å². The SMILES string of the molecule is C=C/C=C(\C)N1CCC(CN2C[C@H](O)[C@@H](O)[C@H](O)[C@H]2C)CC1. The van der Waals surface area contributed by atoms with Gasteiger partial charge in [-0.1, -0.05) is 12.7 Å². The first-order valence-corrected chi connectivity index (χ1v) is 8.26. The van der Waals surface area contributed by atoms with E-state index in [1.165, 1.54) is 5.70 Å². The van der Waals surface area contributed by atoms with E-state index in [2.05, 4.69) is 23.3 Å². The number of piperidine rings is 2. The number of likely N-dealkylation sites (tertiary alicyclic amines) is 2.